The Labute approximate surface area is 139 Å². The van der Waals surface area contributed by atoms with Crippen molar-refractivity contribution in [1.29, 1.82) is 0 Å². The molecule has 0 aromatic heterocycles. The zero-order valence-corrected chi connectivity index (χ0v) is 15.6. The normalized spacial score (nSPS) is 29.4. The maximum absolute atomic E-state index is 4.71. The Balaban J connectivity index is 1.43. The number of fused-ring (bicyclic) bond motifs is 2. The van der Waals surface area contributed by atoms with Gasteiger partial charge in [0.25, 0.3) is 0 Å². The monoisotopic (exact) mass is 366 g/mol. The van der Waals surface area contributed by atoms with Crippen LogP contribution in [0.1, 0.15) is 19.3 Å². The molecule has 0 spiro atoms. The molecule has 4 rings (SSSR count). The molecule has 2 atom stereocenters. The third-order valence-electron chi connectivity index (χ3n) is 4.80. The van der Waals surface area contributed by atoms with Crippen molar-refractivity contribution in [3.8, 4) is 0 Å². The molecule has 0 radical (unpaired) electrons. The molecular weight excluding hydrogens is 343 g/mol. The van der Waals surface area contributed by atoms with Crippen LogP contribution >= 0.6 is 11.8 Å². The SMILES string of the molecule is [AsH2]C1=C2C3=C(CCC3)SC2N(CCN2CCNCC2)C=N1. The standard InChI is InChI=1S/C15H23AsN4S/c16-14-13-11-2-1-3-12(11)21-15(13)20(10-18-14)9-8-19-6-4-17-5-7-19/h10,15,17H,1-9,16H2. The molecule has 6 heteroatoms. The molecule has 0 amide bonds. The molecule has 21 heavy (non-hydrogen) atoms. The summed E-state index contributed by atoms with van der Waals surface area (Å²) in [5, 5.41) is 3.95. The second-order valence-corrected chi connectivity index (χ2v) is 8.42. The summed E-state index contributed by atoms with van der Waals surface area (Å²) < 4.78 is 1.31. The van der Waals surface area contributed by atoms with Crippen LogP contribution in [0.5, 0.6) is 0 Å². The van der Waals surface area contributed by atoms with Crippen LogP contribution in [-0.4, -0.2) is 77.6 Å². The molecule has 3 heterocycles. The summed E-state index contributed by atoms with van der Waals surface area (Å²) in [7, 11) is 0. The van der Waals surface area contributed by atoms with Gasteiger partial charge in [0.15, 0.2) is 0 Å². The predicted octanol–water partition coefficient (Wildman–Crippen LogP) is 0.591. The van der Waals surface area contributed by atoms with Crippen molar-refractivity contribution in [3.05, 3.63) is 20.5 Å². The Hall–Kier alpha value is -0.222. The van der Waals surface area contributed by atoms with E-state index in [2.05, 4.69) is 33.2 Å². The first kappa shape index (κ1) is 14.4. The fourth-order valence-corrected chi connectivity index (χ4v) is 6.27. The van der Waals surface area contributed by atoms with E-state index in [-0.39, 0.29) is 0 Å². The fraction of sp³-hybridized carbons (Fsp3) is 0.667. The quantitative estimate of drug-likeness (QED) is 0.741. The summed E-state index contributed by atoms with van der Waals surface area (Å²) in [4.78, 5) is 11.4. The van der Waals surface area contributed by atoms with Crippen LogP contribution in [0.15, 0.2) is 25.5 Å². The first-order chi connectivity index (χ1) is 10.3. The minimum atomic E-state index is 0.526. The van der Waals surface area contributed by atoms with E-state index in [0.717, 1.165) is 26.2 Å². The van der Waals surface area contributed by atoms with Crippen molar-refractivity contribution in [3.63, 3.8) is 0 Å². The Kier molecular flexibility index (Phi) is 4.18. The number of nitrogens with one attached hydrogen (secondary N) is 1. The number of allylic oxidation sites excluding steroid dienone is 1. The van der Waals surface area contributed by atoms with Crippen LogP contribution in [0.4, 0.5) is 0 Å². The summed E-state index contributed by atoms with van der Waals surface area (Å²) >= 11 is 3.78. The zero-order valence-electron chi connectivity index (χ0n) is 12.3. The second kappa shape index (κ2) is 6.11. The van der Waals surface area contributed by atoms with Crippen molar-refractivity contribution in [2.24, 2.45) is 4.99 Å². The maximum atomic E-state index is 4.71. The van der Waals surface area contributed by atoms with Crippen molar-refractivity contribution < 1.29 is 0 Å². The van der Waals surface area contributed by atoms with E-state index >= 15 is 0 Å². The molecule has 1 N–H and O–H groups in total. The molecule has 1 aliphatic carbocycles. The number of aliphatic imine (C=N–C) groups is 1. The number of piperazine rings is 1. The molecule has 3 aliphatic heterocycles. The van der Waals surface area contributed by atoms with Gasteiger partial charge < -0.3 is 0 Å². The van der Waals surface area contributed by atoms with Gasteiger partial charge in [0, 0.05) is 0 Å². The van der Waals surface area contributed by atoms with Crippen LogP contribution in [0, 0.1) is 0 Å². The average Bonchev–Trinajstić information content (AvgIpc) is 3.08. The number of rotatable bonds is 3. The molecule has 0 saturated carbocycles. The van der Waals surface area contributed by atoms with E-state index in [1.54, 1.807) is 32.9 Å². The number of hydrogen-bond acceptors (Lipinski definition) is 5. The van der Waals surface area contributed by atoms with Gasteiger partial charge in [-0.1, -0.05) is 0 Å². The van der Waals surface area contributed by atoms with Crippen LogP contribution in [0.3, 0.4) is 0 Å². The van der Waals surface area contributed by atoms with Crippen LogP contribution in [0.25, 0.3) is 0 Å². The molecule has 1 fully saturated rings. The summed E-state index contributed by atoms with van der Waals surface area (Å²) in [5.41, 5.74) is 3.21. The van der Waals surface area contributed by atoms with E-state index in [4.69, 9.17) is 4.99 Å². The Morgan fingerprint density at radius 3 is 3.00 bits per heavy atom. The van der Waals surface area contributed by atoms with E-state index in [0.29, 0.717) is 5.37 Å². The van der Waals surface area contributed by atoms with E-state index < -0.39 is 0 Å². The van der Waals surface area contributed by atoms with Gasteiger partial charge in [-0.25, -0.2) is 0 Å². The molecule has 4 aliphatic rings. The van der Waals surface area contributed by atoms with Gasteiger partial charge in [0.2, 0.25) is 0 Å². The fourth-order valence-electron chi connectivity index (χ4n) is 3.62. The molecule has 1 saturated heterocycles. The van der Waals surface area contributed by atoms with Gasteiger partial charge in [0.1, 0.15) is 0 Å². The van der Waals surface area contributed by atoms with E-state index in [1.807, 2.05) is 0 Å². The molecule has 2 unspecified atom stereocenters. The topological polar surface area (TPSA) is 30.9 Å². The third kappa shape index (κ3) is 2.74. The van der Waals surface area contributed by atoms with Crippen molar-refractivity contribution >= 4 is 35.0 Å². The van der Waals surface area contributed by atoms with Crippen molar-refractivity contribution in [2.75, 3.05) is 39.3 Å². The van der Waals surface area contributed by atoms with Crippen LogP contribution in [0.2, 0.25) is 0 Å². The van der Waals surface area contributed by atoms with Gasteiger partial charge in [-0.2, -0.15) is 0 Å². The number of thioether (sulfide) groups is 1. The van der Waals surface area contributed by atoms with Gasteiger partial charge in [-0.15, -0.1) is 0 Å². The minimum absolute atomic E-state index is 0.526. The molecule has 0 aromatic carbocycles. The Bertz CT molecular complexity index is 522. The number of hydrogen-bond donors (Lipinski definition) is 1. The molecule has 4 nitrogen and oxygen atoms in total. The zero-order chi connectivity index (χ0) is 14.2. The van der Waals surface area contributed by atoms with Gasteiger partial charge >= 0.3 is 140 Å². The van der Waals surface area contributed by atoms with Crippen LogP contribution in [-0.2, 0) is 0 Å². The molecule has 0 bridgehead atoms. The predicted molar refractivity (Wildman–Crippen MR) is 92.3 cm³/mol. The average molecular weight is 366 g/mol. The van der Waals surface area contributed by atoms with E-state index in [1.165, 1.54) is 36.8 Å². The summed E-state index contributed by atoms with van der Waals surface area (Å²) in [6, 6.07) is 0. The Morgan fingerprint density at radius 1 is 1.29 bits per heavy atom. The summed E-state index contributed by atoms with van der Waals surface area (Å²) in [6.45, 7) is 6.90. The summed E-state index contributed by atoms with van der Waals surface area (Å²) in [5.74, 6) is 0. The summed E-state index contributed by atoms with van der Waals surface area (Å²) in [6.07, 6.45) is 6.02. The first-order valence-corrected chi connectivity index (χ1v) is 10.0. The van der Waals surface area contributed by atoms with Gasteiger partial charge in [0.05, 0.1) is 0 Å². The van der Waals surface area contributed by atoms with Crippen molar-refractivity contribution in [1.82, 2.24) is 15.1 Å². The molecule has 114 valence electrons. The van der Waals surface area contributed by atoms with Crippen molar-refractivity contribution in [2.45, 2.75) is 24.6 Å². The first-order valence-electron chi connectivity index (χ1n) is 7.94. The third-order valence-corrected chi connectivity index (χ3v) is 7.23. The second-order valence-electron chi connectivity index (χ2n) is 6.10. The number of nitrogens with zero attached hydrogens (tertiary/aromatic N) is 3. The van der Waals surface area contributed by atoms with Gasteiger partial charge in [-0.05, 0) is 0 Å². The molecule has 0 aromatic rings. The Morgan fingerprint density at radius 2 is 2.14 bits per heavy atom. The van der Waals surface area contributed by atoms with Gasteiger partial charge in [-0.3, -0.25) is 0 Å². The molecular formula is C15H23AsN4S. The van der Waals surface area contributed by atoms with E-state index in [9.17, 15) is 0 Å². The van der Waals surface area contributed by atoms with Crippen LogP contribution < -0.4 is 5.32 Å².